The third kappa shape index (κ3) is 2.60. The number of ether oxygens (including phenoxy) is 1. The van der Waals surface area contributed by atoms with Crippen molar-refractivity contribution in [3.63, 3.8) is 0 Å². The summed E-state index contributed by atoms with van der Waals surface area (Å²) in [6.07, 6.45) is 0. The van der Waals surface area contributed by atoms with Crippen LogP contribution in [-0.4, -0.2) is 17.3 Å². The topological polar surface area (TPSA) is 47.0 Å². The Bertz CT molecular complexity index is 810. The van der Waals surface area contributed by atoms with Crippen LogP contribution in [0.5, 0.6) is 5.88 Å². The molecule has 106 valence electrons. The fraction of sp³-hybridized carbons (Fsp3) is 0.0667. The van der Waals surface area contributed by atoms with Crippen LogP contribution >= 0.6 is 11.6 Å². The van der Waals surface area contributed by atoms with Crippen molar-refractivity contribution in [2.45, 2.75) is 0 Å². The van der Waals surface area contributed by atoms with E-state index in [9.17, 15) is 4.39 Å². The monoisotopic (exact) mass is 303 g/mol. The van der Waals surface area contributed by atoms with Gasteiger partial charge in [0.05, 0.1) is 12.1 Å². The van der Waals surface area contributed by atoms with E-state index in [1.165, 1.54) is 12.1 Å². The zero-order valence-electron chi connectivity index (χ0n) is 11.1. The first kappa shape index (κ1) is 13.6. The van der Waals surface area contributed by atoms with Gasteiger partial charge in [-0.2, -0.15) is 0 Å². The van der Waals surface area contributed by atoms with Crippen LogP contribution in [0.3, 0.4) is 0 Å². The number of aromatic nitrogens is 2. The van der Waals surface area contributed by atoms with Gasteiger partial charge in [-0.05, 0) is 24.3 Å². The van der Waals surface area contributed by atoms with Crippen molar-refractivity contribution in [1.82, 2.24) is 10.2 Å². The van der Waals surface area contributed by atoms with Crippen LogP contribution in [0.2, 0.25) is 5.02 Å². The van der Waals surface area contributed by atoms with E-state index in [1.54, 1.807) is 13.2 Å². The highest BCUT2D eigenvalue weighted by Crippen LogP contribution is 2.29. The number of benzene rings is 2. The molecular weight excluding hydrogens is 293 g/mol. The van der Waals surface area contributed by atoms with E-state index in [-0.39, 0.29) is 5.02 Å². The largest absolute Gasteiger partial charge is 0.479 e. The van der Waals surface area contributed by atoms with Gasteiger partial charge in [-0.15, -0.1) is 10.2 Å². The molecule has 21 heavy (non-hydrogen) atoms. The first-order valence-corrected chi connectivity index (χ1v) is 6.58. The Kier molecular flexibility index (Phi) is 3.58. The number of fused-ring (bicyclic) bond motifs is 1. The number of anilines is 2. The molecule has 0 saturated carbocycles. The molecule has 4 nitrogen and oxygen atoms in total. The highest BCUT2D eigenvalue weighted by molar-refractivity contribution is 6.31. The summed E-state index contributed by atoms with van der Waals surface area (Å²) in [7, 11) is 1.54. The second kappa shape index (κ2) is 5.54. The Morgan fingerprint density at radius 1 is 1.10 bits per heavy atom. The molecule has 6 heteroatoms. The number of nitrogens with one attached hydrogen (secondary N) is 1. The molecule has 1 aromatic heterocycles. The number of halogens is 2. The Balaban J connectivity index is 2.06. The van der Waals surface area contributed by atoms with Gasteiger partial charge >= 0.3 is 0 Å². The minimum atomic E-state index is -0.465. The predicted molar refractivity (Wildman–Crippen MR) is 80.8 cm³/mol. The Labute approximate surface area is 125 Å². The van der Waals surface area contributed by atoms with Crippen molar-refractivity contribution in [2.24, 2.45) is 0 Å². The van der Waals surface area contributed by atoms with Crippen molar-refractivity contribution in [1.29, 1.82) is 0 Å². The summed E-state index contributed by atoms with van der Waals surface area (Å²) >= 11 is 5.77. The Morgan fingerprint density at radius 2 is 1.86 bits per heavy atom. The van der Waals surface area contributed by atoms with E-state index in [2.05, 4.69) is 15.5 Å². The normalized spacial score (nSPS) is 10.6. The molecule has 0 aliphatic heterocycles. The zero-order valence-corrected chi connectivity index (χ0v) is 11.9. The van der Waals surface area contributed by atoms with E-state index < -0.39 is 5.82 Å². The quantitative estimate of drug-likeness (QED) is 0.788. The van der Waals surface area contributed by atoms with Crippen LogP contribution in [-0.2, 0) is 0 Å². The van der Waals surface area contributed by atoms with Crippen LogP contribution in [0.1, 0.15) is 0 Å². The lowest BCUT2D eigenvalue weighted by Gasteiger charge is -2.10. The third-order valence-electron chi connectivity index (χ3n) is 3.03. The highest BCUT2D eigenvalue weighted by atomic mass is 35.5. The molecule has 0 aliphatic carbocycles. The van der Waals surface area contributed by atoms with Gasteiger partial charge in [-0.1, -0.05) is 29.8 Å². The van der Waals surface area contributed by atoms with Crippen LogP contribution in [0.15, 0.2) is 42.5 Å². The van der Waals surface area contributed by atoms with Crippen molar-refractivity contribution in [3.8, 4) is 5.88 Å². The molecule has 0 atom stereocenters. The minimum absolute atomic E-state index is 0.0470. The molecule has 2 aromatic carbocycles. The fourth-order valence-electron chi connectivity index (χ4n) is 2.03. The molecule has 1 N–H and O–H groups in total. The second-order valence-electron chi connectivity index (χ2n) is 4.36. The van der Waals surface area contributed by atoms with Crippen molar-refractivity contribution >= 4 is 33.9 Å². The molecule has 0 aliphatic rings. The summed E-state index contributed by atoms with van der Waals surface area (Å²) in [6.45, 7) is 0. The molecule has 0 radical (unpaired) electrons. The van der Waals surface area contributed by atoms with E-state index in [0.29, 0.717) is 17.4 Å². The van der Waals surface area contributed by atoms with Gasteiger partial charge in [-0.25, -0.2) is 4.39 Å². The van der Waals surface area contributed by atoms with E-state index in [4.69, 9.17) is 16.3 Å². The predicted octanol–water partition coefficient (Wildman–Crippen LogP) is 4.17. The number of nitrogens with zero attached hydrogens (tertiary/aromatic N) is 2. The van der Waals surface area contributed by atoms with Gasteiger partial charge in [0.1, 0.15) is 5.82 Å². The third-order valence-corrected chi connectivity index (χ3v) is 3.32. The Morgan fingerprint density at radius 3 is 2.57 bits per heavy atom. The van der Waals surface area contributed by atoms with E-state index in [0.717, 1.165) is 10.8 Å². The number of methoxy groups -OCH3 is 1. The molecule has 3 rings (SSSR count). The lowest BCUT2D eigenvalue weighted by molar-refractivity contribution is 0.398. The number of hydrogen-bond donors (Lipinski definition) is 1. The molecule has 0 amide bonds. The summed E-state index contributed by atoms with van der Waals surface area (Å²) in [5.74, 6) is 0.537. The van der Waals surface area contributed by atoms with Gasteiger partial charge in [0.25, 0.3) is 0 Å². The van der Waals surface area contributed by atoms with Crippen LogP contribution in [0.25, 0.3) is 10.8 Å². The summed E-state index contributed by atoms with van der Waals surface area (Å²) in [5, 5.41) is 12.9. The molecule has 1 heterocycles. The average Bonchev–Trinajstić information content (AvgIpc) is 2.51. The smallest absolute Gasteiger partial charge is 0.241 e. The molecule has 0 saturated heterocycles. The average molecular weight is 304 g/mol. The second-order valence-corrected chi connectivity index (χ2v) is 4.76. The fourth-order valence-corrected chi connectivity index (χ4v) is 2.21. The van der Waals surface area contributed by atoms with E-state index >= 15 is 0 Å². The van der Waals surface area contributed by atoms with Gasteiger partial charge in [-0.3, -0.25) is 0 Å². The SMILES string of the molecule is COc1nnc(Nc2ccc(F)c(Cl)c2)c2ccccc12. The standard InChI is InChI=1S/C15H11ClFN3O/c1-21-15-11-5-3-2-4-10(11)14(19-20-15)18-9-6-7-13(17)12(16)8-9/h2-8H,1H3,(H,18,19). The lowest BCUT2D eigenvalue weighted by atomic mass is 10.2. The van der Waals surface area contributed by atoms with Gasteiger partial charge in [0.2, 0.25) is 5.88 Å². The van der Waals surface area contributed by atoms with Crippen molar-refractivity contribution in [3.05, 3.63) is 53.3 Å². The first-order chi connectivity index (χ1) is 10.2. The summed E-state index contributed by atoms with van der Waals surface area (Å²) in [4.78, 5) is 0. The zero-order chi connectivity index (χ0) is 14.8. The van der Waals surface area contributed by atoms with Crippen LogP contribution in [0, 0.1) is 5.82 Å². The van der Waals surface area contributed by atoms with E-state index in [1.807, 2.05) is 24.3 Å². The molecule has 3 aromatic rings. The lowest BCUT2D eigenvalue weighted by Crippen LogP contribution is -1.99. The van der Waals surface area contributed by atoms with Crippen molar-refractivity contribution in [2.75, 3.05) is 12.4 Å². The van der Waals surface area contributed by atoms with Gasteiger partial charge in [0.15, 0.2) is 5.82 Å². The molecule has 0 unspecified atom stereocenters. The minimum Gasteiger partial charge on any atom is -0.479 e. The first-order valence-electron chi connectivity index (χ1n) is 6.20. The maximum absolute atomic E-state index is 13.2. The summed E-state index contributed by atoms with van der Waals surface area (Å²) in [6, 6.07) is 12.0. The molecule has 0 spiro atoms. The summed E-state index contributed by atoms with van der Waals surface area (Å²) < 4.78 is 18.4. The number of rotatable bonds is 3. The molecule has 0 fully saturated rings. The highest BCUT2D eigenvalue weighted by Gasteiger charge is 2.10. The Hall–Kier alpha value is -2.40. The van der Waals surface area contributed by atoms with Crippen LogP contribution in [0.4, 0.5) is 15.9 Å². The summed E-state index contributed by atoms with van der Waals surface area (Å²) in [5.41, 5.74) is 0.631. The van der Waals surface area contributed by atoms with Crippen molar-refractivity contribution < 1.29 is 9.13 Å². The van der Waals surface area contributed by atoms with Crippen LogP contribution < -0.4 is 10.1 Å². The maximum atomic E-state index is 13.2. The number of hydrogen-bond acceptors (Lipinski definition) is 4. The van der Waals surface area contributed by atoms with Gasteiger partial charge < -0.3 is 10.1 Å². The van der Waals surface area contributed by atoms with Gasteiger partial charge in [0, 0.05) is 16.5 Å². The molecule has 0 bridgehead atoms. The molecular formula is C15H11ClFN3O. The maximum Gasteiger partial charge on any atom is 0.241 e.